The fourth-order valence-corrected chi connectivity index (χ4v) is 2.55. The van der Waals surface area contributed by atoms with E-state index in [1.807, 2.05) is 11.4 Å². The number of thiophene rings is 1. The molecule has 0 aliphatic heterocycles. The first-order valence-corrected chi connectivity index (χ1v) is 7.48. The number of hydrogen-bond donors (Lipinski definition) is 2. The summed E-state index contributed by atoms with van der Waals surface area (Å²) in [6, 6.07) is 2.05. The first kappa shape index (κ1) is 15.2. The Labute approximate surface area is 113 Å². The summed E-state index contributed by atoms with van der Waals surface area (Å²) in [7, 11) is 0. The van der Waals surface area contributed by atoms with Gasteiger partial charge in [-0.05, 0) is 41.7 Å². The lowest BCUT2D eigenvalue weighted by molar-refractivity contribution is -0.121. The second-order valence-electron chi connectivity index (χ2n) is 4.77. The van der Waals surface area contributed by atoms with Crippen molar-refractivity contribution in [2.45, 2.75) is 39.5 Å². The van der Waals surface area contributed by atoms with Gasteiger partial charge in [0, 0.05) is 18.4 Å². The molecule has 0 spiro atoms. The van der Waals surface area contributed by atoms with Crippen molar-refractivity contribution in [1.82, 2.24) is 5.32 Å². The molecule has 18 heavy (non-hydrogen) atoms. The second-order valence-corrected chi connectivity index (χ2v) is 5.55. The Balaban J connectivity index is 2.32. The van der Waals surface area contributed by atoms with E-state index in [-0.39, 0.29) is 17.9 Å². The Morgan fingerprint density at radius 1 is 1.44 bits per heavy atom. The number of aliphatic hydroxyl groups is 1. The molecule has 0 aliphatic rings. The molecule has 0 unspecified atom stereocenters. The van der Waals surface area contributed by atoms with Gasteiger partial charge in [-0.25, -0.2) is 0 Å². The average molecular weight is 269 g/mol. The lowest BCUT2D eigenvalue weighted by atomic mass is 9.83. The Bertz CT molecular complexity index is 336. The average Bonchev–Trinajstić information content (AvgIpc) is 2.92. The maximum Gasteiger partial charge on any atom is 0.220 e. The third kappa shape index (κ3) is 4.42. The third-order valence-corrected chi connectivity index (χ3v) is 4.45. The van der Waals surface area contributed by atoms with Crippen molar-refractivity contribution in [3.8, 4) is 0 Å². The van der Waals surface area contributed by atoms with Crippen LogP contribution in [-0.4, -0.2) is 24.2 Å². The van der Waals surface area contributed by atoms with Gasteiger partial charge in [0.2, 0.25) is 5.91 Å². The molecular formula is C14H23NO2S. The van der Waals surface area contributed by atoms with E-state index >= 15 is 0 Å². The molecule has 0 aliphatic carbocycles. The summed E-state index contributed by atoms with van der Waals surface area (Å²) < 4.78 is 0. The molecule has 0 aromatic carbocycles. The highest BCUT2D eigenvalue weighted by Crippen LogP contribution is 2.24. The zero-order chi connectivity index (χ0) is 13.4. The van der Waals surface area contributed by atoms with Crippen molar-refractivity contribution in [3.63, 3.8) is 0 Å². The third-order valence-electron chi connectivity index (χ3n) is 3.72. The van der Waals surface area contributed by atoms with Crippen LogP contribution < -0.4 is 5.32 Å². The van der Waals surface area contributed by atoms with E-state index in [1.54, 1.807) is 11.3 Å². The van der Waals surface area contributed by atoms with Crippen LogP contribution in [0.3, 0.4) is 0 Å². The van der Waals surface area contributed by atoms with Gasteiger partial charge in [-0.15, -0.1) is 0 Å². The Morgan fingerprint density at radius 2 is 2.17 bits per heavy atom. The number of nitrogens with one attached hydrogen (secondary N) is 1. The van der Waals surface area contributed by atoms with Crippen LogP contribution in [0.5, 0.6) is 0 Å². The molecule has 2 N–H and O–H groups in total. The van der Waals surface area contributed by atoms with Crippen LogP contribution in [0.25, 0.3) is 0 Å². The van der Waals surface area contributed by atoms with Crippen molar-refractivity contribution >= 4 is 17.2 Å². The van der Waals surface area contributed by atoms with Gasteiger partial charge in [-0.3, -0.25) is 4.79 Å². The van der Waals surface area contributed by atoms with Gasteiger partial charge < -0.3 is 10.4 Å². The lowest BCUT2D eigenvalue weighted by Crippen LogP contribution is -2.39. The van der Waals surface area contributed by atoms with Crippen LogP contribution in [0, 0.1) is 5.41 Å². The molecule has 102 valence electrons. The van der Waals surface area contributed by atoms with Gasteiger partial charge in [-0.1, -0.05) is 13.8 Å². The molecule has 1 rings (SSSR count). The molecule has 0 saturated heterocycles. The highest BCUT2D eigenvalue weighted by Gasteiger charge is 2.25. The number of rotatable bonds is 8. The van der Waals surface area contributed by atoms with Crippen molar-refractivity contribution < 1.29 is 9.90 Å². The van der Waals surface area contributed by atoms with E-state index in [2.05, 4.69) is 24.5 Å². The molecule has 1 amide bonds. The molecular weight excluding hydrogens is 246 g/mol. The van der Waals surface area contributed by atoms with Crippen LogP contribution in [0.4, 0.5) is 0 Å². The molecule has 0 radical (unpaired) electrons. The van der Waals surface area contributed by atoms with E-state index < -0.39 is 0 Å². The molecule has 3 nitrogen and oxygen atoms in total. The fraction of sp³-hybridized carbons (Fsp3) is 0.643. The number of carbonyl (C=O) groups is 1. The number of amides is 1. The second kappa shape index (κ2) is 7.54. The summed E-state index contributed by atoms with van der Waals surface area (Å²) in [5.74, 6) is 0.0703. The molecule has 1 aromatic heterocycles. The first-order chi connectivity index (χ1) is 8.65. The molecule has 0 fully saturated rings. The van der Waals surface area contributed by atoms with E-state index in [1.165, 1.54) is 5.56 Å². The summed E-state index contributed by atoms with van der Waals surface area (Å²) in [6.45, 7) is 4.80. The lowest BCUT2D eigenvalue weighted by Gasteiger charge is -2.29. The minimum atomic E-state index is -0.155. The minimum absolute atomic E-state index is 0.0703. The highest BCUT2D eigenvalue weighted by molar-refractivity contribution is 7.07. The monoisotopic (exact) mass is 269 g/mol. The smallest absolute Gasteiger partial charge is 0.220 e. The van der Waals surface area contributed by atoms with Gasteiger partial charge in [0.25, 0.3) is 0 Å². The quantitative estimate of drug-likeness (QED) is 0.762. The summed E-state index contributed by atoms with van der Waals surface area (Å²) in [5.41, 5.74) is 1.06. The van der Waals surface area contributed by atoms with Gasteiger partial charge >= 0.3 is 0 Å². The SMILES string of the molecule is CCC(CC)(CO)CNC(=O)CCc1ccsc1. The molecule has 0 bridgehead atoms. The number of aliphatic hydroxyl groups excluding tert-OH is 1. The largest absolute Gasteiger partial charge is 0.396 e. The van der Waals surface area contributed by atoms with Gasteiger partial charge in [0.1, 0.15) is 0 Å². The summed E-state index contributed by atoms with van der Waals surface area (Å²) in [5, 5.41) is 16.5. The van der Waals surface area contributed by atoms with Gasteiger partial charge in [-0.2, -0.15) is 11.3 Å². The predicted molar refractivity (Wildman–Crippen MR) is 75.8 cm³/mol. The number of carbonyl (C=O) groups excluding carboxylic acids is 1. The zero-order valence-electron chi connectivity index (χ0n) is 11.2. The van der Waals surface area contributed by atoms with Crippen molar-refractivity contribution in [2.24, 2.45) is 5.41 Å². The molecule has 4 heteroatoms. The predicted octanol–water partition coefficient (Wildman–Crippen LogP) is 2.60. The first-order valence-electron chi connectivity index (χ1n) is 6.54. The van der Waals surface area contributed by atoms with Crippen LogP contribution in [0.1, 0.15) is 38.7 Å². The summed E-state index contributed by atoms with van der Waals surface area (Å²) in [4.78, 5) is 11.7. The van der Waals surface area contributed by atoms with Crippen LogP contribution in [-0.2, 0) is 11.2 Å². The van der Waals surface area contributed by atoms with E-state index in [9.17, 15) is 9.90 Å². The zero-order valence-corrected chi connectivity index (χ0v) is 12.1. The minimum Gasteiger partial charge on any atom is -0.396 e. The number of hydrogen-bond acceptors (Lipinski definition) is 3. The Hall–Kier alpha value is -0.870. The topological polar surface area (TPSA) is 49.3 Å². The fourth-order valence-electron chi connectivity index (χ4n) is 1.85. The van der Waals surface area contributed by atoms with Gasteiger partial charge in [0.05, 0.1) is 6.61 Å². The summed E-state index contributed by atoms with van der Waals surface area (Å²) >= 11 is 1.65. The maximum atomic E-state index is 11.7. The van der Waals surface area contributed by atoms with Gasteiger partial charge in [0.15, 0.2) is 0 Å². The van der Waals surface area contributed by atoms with E-state index in [4.69, 9.17) is 0 Å². The molecule has 0 atom stereocenters. The highest BCUT2D eigenvalue weighted by atomic mass is 32.1. The van der Waals surface area contributed by atoms with E-state index in [0.717, 1.165) is 19.3 Å². The van der Waals surface area contributed by atoms with Crippen molar-refractivity contribution in [1.29, 1.82) is 0 Å². The molecule has 1 aromatic rings. The van der Waals surface area contributed by atoms with Crippen molar-refractivity contribution in [2.75, 3.05) is 13.2 Å². The molecule has 0 saturated carbocycles. The van der Waals surface area contributed by atoms with Crippen molar-refractivity contribution in [3.05, 3.63) is 22.4 Å². The Kier molecular flexibility index (Phi) is 6.36. The standard InChI is InChI=1S/C14H23NO2S/c1-3-14(4-2,11-16)10-15-13(17)6-5-12-7-8-18-9-12/h7-9,16H,3-6,10-11H2,1-2H3,(H,15,17). The number of aryl methyl sites for hydroxylation is 1. The molecule has 1 heterocycles. The maximum absolute atomic E-state index is 11.7. The summed E-state index contributed by atoms with van der Waals surface area (Å²) in [6.07, 6.45) is 3.07. The van der Waals surface area contributed by atoms with Crippen LogP contribution in [0.2, 0.25) is 0 Å². The van der Waals surface area contributed by atoms with Crippen LogP contribution in [0.15, 0.2) is 16.8 Å². The normalized spacial score (nSPS) is 11.5. The van der Waals surface area contributed by atoms with Crippen LogP contribution >= 0.6 is 11.3 Å². The van der Waals surface area contributed by atoms with E-state index in [0.29, 0.717) is 13.0 Å². The Morgan fingerprint density at radius 3 is 2.67 bits per heavy atom.